The third kappa shape index (κ3) is 4.40. The molecule has 0 aliphatic carbocycles. The molecule has 0 bridgehead atoms. The van der Waals surface area contributed by atoms with Crippen molar-refractivity contribution >= 4 is 0 Å². The van der Waals surface area contributed by atoms with Crippen molar-refractivity contribution in [3.05, 3.63) is 7.11 Å². The summed E-state index contributed by atoms with van der Waals surface area (Å²) in [7, 11) is 3.29. The van der Waals surface area contributed by atoms with E-state index in [0.717, 1.165) is 12.8 Å². The van der Waals surface area contributed by atoms with Crippen LogP contribution in [-0.2, 0) is 4.74 Å². The Bertz CT molecular complexity index is 102. The molecule has 0 aromatic heterocycles. The summed E-state index contributed by atoms with van der Waals surface area (Å²) < 4.78 is 4.76. The fraction of sp³-hybridized carbons (Fsp3) is 0.667. The van der Waals surface area contributed by atoms with E-state index >= 15 is 0 Å². The summed E-state index contributed by atoms with van der Waals surface area (Å²) >= 11 is 0. The first-order valence-corrected chi connectivity index (χ1v) is 3.72. The van der Waals surface area contributed by atoms with Gasteiger partial charge in [0.1, 0.15) is 6.10 Å². The van der Waals surface area contributed by atoms with E-state index in [-0.39, 0.29) is 6.10 Å². The Labute approximate surface area is 63.8 Å². The first-order chi connectivity index (χ1) is 4.85. The molecule has 0 amide bonds. The molecule has 0 aromatic rings. The molecule has 1 unspecified atom stereocenters. The van der Waals surface area contributed by atoms with E-state index in [0.29, 0.717) is 0 Å². The molecule has 0 saturated heterocycles. The first kappa shape index (κ1) is 9.52. The Morgan fingerprint density at radius 3 is 2.70 bits per heavy atom. The van der Waals surface area contributed by atoms with E-state index in [9.17, 15) is 0 Å². The average Bonchev–Trinajstić information content (AvgIpc) is 1.99. The SMILES string of the molecule is C#CC(CCCCC)O[CH2]. The third-order valence-corrected chi connectivity index (χ3v) is 1.46. The predicted octanol–water partition coefficient (Wildman–Crippen LogP) is 2.38. The van der Waals surface area contributed by atoms with E-state index < -0.39 is 0 Å². The minimum absolute atomic E-state index is 0.0773. The second-order valence-corrected chi connectivity index (χ2v) is 2.32. The molecule has 1 radical (unpaired) electrons. The molecule has 0 aliphatic rings. The maximum absolute atomic E-state index is 5.15. The van der Waals surface area contributed by atoms with Crippen LogP contribution in [0.4, 0.5) is 0 Å². The van der Waals surface area contributed by atoms with Crippen molar-refractivity contribution in [1.29, 1.82) is 0 Å². The van der Waals surface area contributed by atoms with E-state index in [2.05, 4.69) is 20.0 Å². The van der Waals surface area contributed by atoms with Gasteiger partial charge in [-0.1, -0.05) is 25.7 Å². The van der Waals surface area contributed by atoms with E-state index in [4.69, 9.17) is 11.2 Å². The molecular weight excluding hydrogens is 124 g/mol. The van der Waals surface area contributed by atoms with E-state index in [1.807, 2.05) is 0 Å². The number of hydrogen-bond acceptors (Lipinski definition) is 1. The average molecular weight is 139 g/mol. The van der Waals surface area contributed by atoms with Crippen LogP contribution >= 0.6 is 0 Å². The summed E-state index contributed by atoms with van der Waals surface area (Å²) in [4.78, 5) is 0. The van der Waals surface area contributed by atoms with Crippen LogP contribution < -0.4 is 0 Å². The first-order valence-electron chi connectivity index (χ1n) is 3.72. The molecule has 0 fully saturated rings. The van der Waals surface area contributed by atoms with Crippen LogP contribution in [0.3, 0.4) is 0 Å². The highest BCUT2D eigenvalue weighted by molar-refractivity contribution is 4.94. The maximum Gasteiger partial charge on any atom is 0.118 e. The highest BCUT2D eigenvalue weighted by atomic mass is 16.5. The Hall–Kier alpha value is -0.480. The van der Waals surface area contributed by atoms with Crippen molar-refractivity contribution in [3.63, 3.8) is 0 Å². The fourth-order valence-electron chi connectivity index (χ4n) is 0.795. The third-order valence-electron chi connectivity index (χ3n) is 1.46. The summed E-state index contributed by atoms with van der Waals surface area (Å²) in [5.41, 5.74) is 0. The van der Waals surface area contributed by atoms with Gasteiger partial charge in [-0.25, -0.2) is 0 Å². The molecule has 0 aliphatic heterocycles. The zero-order chi connectivity index (χ0) is 7.82. The topological polar surface area (TPSA) is 9.23 Å². The van der Waals surface area contributed by atoms with Gasteiger partial charge in [0.2, 0.25) is 0 Å². The quantitative estimate of drug-likeness (QED) is 0.419. The molecule has 0 N–H and O–H groups in total. The van der Waals surface area contributed by atoms with Crippen molar-refractivity contribution in [2.24, 2.45) is 0 Å². The van der Waals surface area contributed by atoms with Crippen LogP contribution in [0, 0.1) is 19.5 Å². The van der Waals surface area contributed by atoms with E-state index in [1.165, 1.54) is 12.8 Å². The summed E-state index contributed by atoms with van der Waals surface area (Å²) in [6, 6.07) is 0. The normalized spacial score (nSPS) is 12.5. The zero-order valence-corrected chi connectivity index (χ0v) is 6.60. The minimum Gasteiger partial charge on any atom is -0.363 e. The zero-order valence-electron chi connectivity index (χ0n) is 6.60. The van der Waals surface area contributed by atoms with Crippen LogP contribution in [0.5, 0.6) is 0 Å². The number of hydrogen-bond donors (Lipinski definition) is 0. The van der Waals surface area contributed by atoms with Crippen molar-refractivity contribution in [1.82, 2.24) is 0 Å². The van der Waals surface area contributed by atoms with Gasteiger partial charge >= 0.3 is 0 Å². The van der Waals surface area contributed by atoms with Crippen LogP contribution in [0.25, 0.3) is 0 Å². The highest BCUT2D eigenvalue weighted by Crippen LogP contribution is 2.04. The van der Waals surface area contributed by atoms with Crippen molar-refractivity contribution in [2.45, 2.75) is 38.7 Å². The van der Waals surface area contributed by atoms with Gasteiger partial charge in [0.15, 0.2) is 0 Å². The van der Waals surface area contributed by atoms with Gasteiger partial charge in [-0.05, 0) is 12.8 Å². The molecule has 1 nitrogen and oxygen atoms in total. The lowest BCUT2D eigenvalue weighted by Gasteiger charge is -2.05. The summed E-state index contributed by atoms with van der Waals surface area (Å²) in [5.74, 6) is 2.53. The number of terminal acetylenes is 1. The molecule has 0 rings (SSSR count). The molecule has 0 spiro atoms. The smallest absolute Gasteiger partial charge is 0.118 e. The van der Waals surface area contributed by atoms with Gasteiger partial charge in [0, 0.05) is 0 Å². The van der Waals surface area contributed by atoms with Crippen molar-refractivity contribution in [3.8, 4) is 12.3 Å². The van der Waals surface area contributed by atoms with Gasteiger partial charge in [0.05, 0.1) is 7.11 Å². The van der Waals surface area contributed by atoms with Crippen LogP contribution in [0.15, 0.2) is 0 Å². The van der Waals surface area contributed by atoms with Crippen molar-refractivity contribution < 1.29 is 4.74 Å². The molecule has 0 saturated carbocycles. The molecule has 10 heavy (non-hydrogen) atoms. The Kier molecular flexibility index (Phi) is 6.32. The summed E-state index contributed by atoms with van der Waals surface area (Å²) in [6.45, 7) is 2.16. The molecule has 1 atom stereocenters. The largest absolute Gasteiger partial charge is 0.363 e. The summed E-state index contributed by atoms with van der Waals surface area (Å²) in [5, 5.41) is 0. The number of ether oxygens (including phenoxy) is 1. The van der Waals surface area contributed by atoms with Crippen LogP contribution in [0.1, 0.15) is 32.6 Å². The second-order valence-electron chi connectivity index (χ2n) is 2.32. The standard InChI is InChI=1S/C9H15O/c1-4-6-7-8-9(5-2)10-3/h2,9H,3-4,6-8H2,1H3. The van der Waals surface area contributed by atoms with Crippen molar-refractivity contribution in [2.75, 3.05) is 0 Å². The van der Waals surface area contributed by atoms with Gasteiger partial charge < -0.3 is 4.74 Å². The van der Waals surface area contributed by atoms with Gasteiger partial charge in [-0.2, -0.15) is 0 Å². The van der Waals surface area contributed by atoms with Crippen LogP contribution in [0.2, 0.25) is 0 Å². The molecule has 0 heterocycles. The molecule has 0 aromatic carbocycles. The predicted molar refractivity (Wildman–Crippen MR) is 43.2 cm³/mol. The maximum atomic E-state index is 5.15. The van der Waals surface area contributed by atoms with Crippen LogP contribution in [-0.4, -0.2) is 6.10 Å². The van der Waals surface area contributed by atoms with E-state index in [1.54, 1.807) is 0 Å². The summed E-state index contributed by atoms with van der Waals surface area (Å²) in [6.07, 6.45) is 9.59. The van der Waals surface area contributed by atoms with Gasteiger partial charge in [-0.15, -0.1) is 6.42 Å². The Morgan fingerprint density at radius 1 is 1.60 bits per heavy atom. The fourth-order valence-corrected chi connectivity index (χ4v) is 0.795. The molecule has 57 valence electrons. The lowest BCUT2D eigenvalue weighted by molar-refractivity contribution is 0.176. The lowest BCUT2D eigenvalue weighted by atomic mass is 10.1. The highest BCUT2D eigenvalue weighted by Gasteiger charge is 1.99. The number of rotatable bonds is 5. The van der Waals surface area contributed by atoms with Gasteiger partial charge in [-0.3, -0.25) is 0 Å². The lowest BCUT2D eigenvalue weighted by Crippen LogP contribution is -2.04. The Morgan fingerprint density at radius 2 is 2.30 bits per heavy atom. The molecule has 1 heteroatoms. The Balaban J connectivity index is 3.20. The second kappa shape index (κ2) is 6.64. The number of unbranched alkanes of at least 4 members (excludes halogenated alkanes) is 2. The molecular formula is C9H15O. The van der Waals surface area contributed by atoms with Gasteiger partial charge in [0.25, 0.3) is 0 Å². The monoisotopic (exact) mass is 139 g/mol. The minimum atomic E-state index is -0.0773.